The number of ether oxygens (including phenoxy) is 1. The first-order valence-electron chi connectivity index (χ1n) is 6.44. The van der Waals surface area contributed by atoms with E-state index in [0.29, 0.717) is 6.54 Å². The molecule has 1 rings (SSSR count). The van der Waals surface area contributed by atoms with Gasteiger partial charge < -0.3 is 10.1 Å². The Morgan fingerprint density at radius 1 is 1.26 bits per heavy atom. The second kappa shape index (κ2) is 6.36. The fourth-order valence-corrected chi connectivity index (χ4v) is 1.65. The van der Waals surface area contributed by atoms with Crippen LogP contribution in [-0.4, -0.2) is 24.5 Å². The van der Waals surface area contributed by atoms with Crippen molar-refractivity contribution in [3.8, 4) is 0 Å². The van der Waals surface area contributed by atoms with Crippen LogP contribution in [0.4, 0.5) is 0 Å². The first kappa shape index (κ1) is 15.2. The second-order valence-corrected chi connectivity index (χ2v) is 4.93. The van der Waals surface area contributed by atoms with Gasteiger partial charge in [-0.3, -0.25) is 9.59 Å². The first-order valence-corrected chi connectivity index (χ1v) is 6.44. The Hall–Kier alpha value is -1.84. The molecule has 4 heteroatoms. The molecule has 1 N–H and O–H groups in total. The zero-order valence-electron chi connectivity index (χ0n) is 11.9. The van der Waals surface area contributed by atoms with Crippen molar-refractivity contribution in [2.45, 2.75) is 39.2 Å². The first-order chi connectivity index (χ1) is 8.89. The van der Waals surface area contributed by atoms with Crippen molar-refractivity contribution >= 4 is 11.9 Å². The van der Waals surface area contributed by atoms with Gasteiger partial charge in [0, 0.05) is 6.54 Å². The highest BCUT2D eigenvalue weighted by Gasteiger charge is 2.33. The summed E-state index contributed by atoms with van der Waals surface area (Å²) in [7, 11) is 0. The molecule has 1 amide bonds. The van der Waals surface area contributed by atoms with Gasteiger partial charge in [0.05, 0.1) is 5.41 Å². The Morgan fingerprint density at radius 2 is 1.84 bits per heavy atom. The third kappa shape index (κ3) is 3.81. The van der Waals surface area contributed by atoms with E-state index < -0.39 is 17.5 Å². The van der Waals surface area contributed by atoms with Gasteiger partial charge in [0.15, 0.2) is 6.10 Å². The summed E-state index contributed by atoms with van der Waals surface area (Å²) in [6.45, 7) is 7.48. The third-order valence-electron chi connectivity index (χ3n) is 3.01. The number of amides is 1. The SMILES string of the molecule is CCNC(=O)[C@H](C)OC(=O)C(C)(C)c1ccccc1. The largest absolute Gasteiger partial charge is 0.452 e. The van der Waals surface area contributed by atoms with Crippen LogP contribution in [0, 0.1) is 0 Å². The molecule has 104 valence electrons. The third-order valence-corrected chi connectivity index (χ3v) is 3.01. The van der Waals surface area contributed by atoms with Crippen LogP contribution in [0.15, 0.2) is 30.3 Å². The quantitative estimate of drug-likeness (QED) is 0.827. The maximum atomic E-state index is 12.2. The average Bonchev–Trinajstić information content (AvgIpc) is 2.39. The van der Waals surface area contributed by atoms with E-state index in [-0.39, 0.29) is 5.91 Å². The summed E-state index contributed by atoms with van der Waals surface area (Å²) in [5, 5.41) is 2.63. The van der Waals surface area contributed by atoms with Crippen molar-refractivity contribution in [2.24, 2.45) is 0 Å². The highest BCUT2D eigenvalue weighted by atomic mass is 16.5. The Balaban J connectivity index is 2.75. The van der Waals surface area contributed by atoms with Gasteiger partial charge in [0.25, 0.3) is 5.91 Å². The summed E-state index contributed by atoms with van der Waals surface area (Å²) in [6.07, 6.45) is -0.782. The topological polar surface area (TPSA) is 55.4 Å². The van der Waals surface area contributed by atoms with Crippen LogP contribution in [0.2, 0.25) is 0 Å². The minimum atomic E-state index is -0.782. The fraction of sp³-hybridized carbons (Fsp3) is 0.467. The van der Waals surface area contributed by atoms with Crippen LogP contribution in [0.5, 0.6) is 0 Å². The fourth-order valence-electron chi connectivity index (χ4n) is 1.65. The Bertz CT molecular complexity index is 440. The second-order valence-electron chi connectivity index (χ2n) is 4.93. The van der Waals surface area contributed by atoms with E-state index in [1.54, 1.807) is 20.8 Å². The van der Waals surface area contributed by atoms with E-state index >= 15 is 0 Å². The molecule has 1 atom stereocenters. The maximum Gasteiger partial charge on any atom is 0.316 e. The van der Waals surface area contributed by atoms with Crippen molar-refractivity contribution in [1.82, 2.24) is 5.32 Å². The molecule has 0 heterocycles. The van der Waals surface area contributed by atoms with Crippen LogP contribution in [0.3, 0.4) is 0 Å². The molecule has 0 fully saturated rings. The van der Waals surface area contributed by atoms with Gasteiger partial charge >= 0.3 is 5.97 Å². The van der Waals surface area contributed by atoms with E-state index in [2.05, 4.69) is 5.32 Å². The summed E-state index contributed by atoms with van der Waals surface area (Å²) in [6, 6.07) is 9.38. The maximum absolute atomic E-state index is 12.2. The molecule has 19 heavy (non-hydrogen) atoms. The molecular weight excluding hydrogens is 242 g/mol. The van der Waals surface area contributed by atoms with Gasteiger partial charge in [-0.05, 0) is 33.3 Å². The zero-order chi connectivity index (χ0) is 14.5. The highest BCUT2D eigenvalue weighted by Crippen LogP contribution is 2.24. The predicted octanol–water partition coefficient (Wildman–Crippen LogP) is 2.03. The number of esters is 1. The lowest BCUT2D eigenvalue weighted by atomic mass is 9.85. The van der Waals surface area contributed by atoms with Gasteiger partial charge in [-0.15, -0.1) is 0 Å². The van der Waals surface area contributed by atoms with Gasteiger partial charge in [0.1, 0.15) is 0 Å². The van der Waals surface area contributed by atoms with Crippen molar-refractivity contribution < 1.29 is 14.3 Å². The van der Waals surface area contributed by atoms with Crippen LogP contribution in [0.1, 0.15) is 33.3 Å². The number of benzene rings is 1. The van der Waals surface area contributed by atoms with Gasteiger partial charge in [-0.2, -0.15) is 0 Å². The number of hydrogen-bond acceptors (Lipinski definition) is 3. The Kier molecular flexibility index (Phi) is 5.10. The molecule has 4 nitrogen and oxygen atoms in total. The number of nitrogens with one attached hydrogen (secondary N) is 1. The molecule has 1 aromatic rings. The number of hydrogen-bond donors (Lipinski definition) is 1. The van der Waals surface area contributed by atoms with Crippen molar-refractivity contribution in [2.75, 3.05) is 6.54 Å². The van der Waals surface area contributed by atoms with Crippen LogP contribution in [-0.2, 0) is 19.7 Å². The van der Waals surface area contributed by atoms with Crippen LogP contribution >= 0.6 is 0 Å². The molecule has 1 aromatic carbocycles. The lowest BCUT2D eigenvalue weighted by Gasteiger charge is -2.25. The molecule has 0 saturated heterocycles. The van der Waals surface area contributed by atoms with E-state index in [9.17, 15) is 9.59 Å². The summed E-state index contributed by atoms with van der Waals surface area (Å²) >= 11 is 0. The van der Waals surface area contributed by atoms with Gasteiger partial charge in [-0.25, -0.2) is 0 Å². The molecule has 0 saturated carbocycles. The van der Waals surface area contributed by atoms with Crippen molar-refractivity contribution in [3.05, 3.63) is 35.9 Å². The number of rotatable bonds is 5. The number of carbonyl (C=O) groups is 2. The normalized spacial score (nSPS) is 12.6. The summed E-state index contributed by atoms with van der Waals surface area (Å²) in [4.78, 5) is 23.7. The molecule has 0 unspecified atom stereocenters. The van der Waals surface area contributed by atoms with Crippen LogP contribution in [0.25, 0.3) is 0 Å². The van der Waals surface area contributed by atoms with E-state index in [0.717, 1.165) is 5.56 Å². The van der Waals surface area contributed by atoms with Gasteiger partial charge in [0.2, 0.25) is 0 Å². The van der Waals surface area contributed by atoms with Crippen LogP contribution < -0.4 is 5.32 Å². The summed E-state index contributed by atoms with van der Waals surface area (Å²) in [5.41, 5.74) is 0.0882. The minimum Gasteiger partial charge on any atom is -0.452 e. The monoisotopic (exact) mass is 263 g/mol. The van der Waals surface area contributed by atoms with Crippen molar-refractivity contribution in [3.63, 3.8) is 0 Å². The van der Waals surface area contributed by atoms with Crippen molar-refractivity contribution in [1.29, 1.82) is 0 Å². The van der Waals surface area contributed by atoms with E-state index in [1.165, 1.54) is 0 Å². The Labute approximate surface area is 114 Å². The molecule has 0 spiro atoms. The molecule has 0 radical (unpaired) electrons. The summed E-state index contributed by atoms with van der Waals surface area (Å²) < 4.78 is 5.23. The molecule has 0 bridgehead atoms. The number of carbonyl (C=O) groups excluding carboxylic acids is 2. The summed E-state index contributed by atoms with van der Waals surface area (Å²) in [5.74, 6) is -0.683. The lowest BCUT2D eigenvalue weighted by Crippen LogP contribution is -2.40. The molecule has 0 aliphatic rings. The average molecular weight is 263 g/mol. The molecule has 0 aliphatic heterocycles. The van der Waals surface area contributed by atoms with E-state index in [1.807, 2.05) is 37.3 Å². The predicted molar refractivity (Wildman–Crippen MR) is 73.7 cm³/mol. The zero-order valence-corrected chi connectivity index (χ0v) is 11.9. The smallest absolute Gasteiger partial charge is 0.316 e. The number of likely N-dealkylation sites (N-methyl/N-ethyl adjacent to an activating group) is 1. The molecule has 0 aliphatic carbocycles. The molecular formula is C15H21NO3. The minimum absolute atomic E-state index is 0.278. The Morgan fingerprint density at radius 3 is 2.37 bits per heavy atom. The standard InChI is InChI=1S/C15H21NO3/c1-5-16-13(17)11(2)19-14(18)15(3,4)12-9-7-6-8-10-12/h6-11H,5H2,1-4H3,(H,16,17)/t11-/m0/s1. The van der Waals surface area contributed by atoms with E-state index in [4.69, 9.17) is 4.74 Å². The highest BCUT2D eigenvalue weighted by molar-refractivity contribution is 5.87. The van der Waals surface area contributed by atoms with Gasteiger partial charge in [-0.1, -0.05) is 30.3 Å². The molecule has 0 aromatic heterocycles. The lowest BCUT2D eigenvalue weighted by molar-refractivity contribution is -0.159.